The maximum Gasteiger partial charge on any atom is 0.262 e. The fraction of sp³-hybridized carbons (Fsp3) is 0.357. The summed E-state index contributed by atoms with van der Waals surface area (Å²) in [4.78, 5) is 15.9. The summed E-state index contributed by atoms with van der Waals surface area (Å²) >= 11 is 0. The molecule has 0 radical (unpaired) electrons. The Morgan fingerprint density at radius 3 is 2.79 bits per heavy atom. The maximum absolute atomic E-state index is 12.0. The van der Waals surface area contributed by atoms with E-state index in [1.807, 2.05) is 6.07 Å². The molecule has 0 spiro atoms. The van der Waals surface area contributed by atoms with Gasteiger partial charge in [-0.05, 0) is 36.6 Å². The number of nitrogen functional groups attached to an aromatic ring is 1. The van der Waals surface area contributed by atoms with E-state index in [4.69, 9.17) is 11.0 Å². The Balaban J connectivity index is 2.08. The normalized spacial score (nSPS) is 16.1. The van der Waals surface area contributed by atoms with Crippen LogP contribution in [0.15, 0.2) is 23.9 Å². The molecule has 1 aromatic heterocycles. The van der Waals surface area contributed by atoms with Gasteiger partial charge in [0.1, 0.15) is 17.5 Å². The summed E-state index contributed by atoms with van der Waals surface area (Å²) < 4.78 is 0. The highest BCUT2D eigenvalue weighted by molar-refractivity contribution is 6.01. The van der Waals surface area contributed by atoms with Crippen molar-refractivity contribution in [1.29, 1.82) is 5.26 Å². The lowest BCUT2D eigenvalue weighted by Crippen LogP contribution is -2.33. The van der Waals surface area contributed by atoms with Gasteiger partial charge >= 0.3 is 0 Å². The van der Waals surface area contributed by atoms with Crippen LogP contribution in [0.5, 0.6) is 0 Å². The molecule has 5 nitrogen and oxygen atoms in total. The smallest absolute Gasteiger partial charge is 0.262 e. The van der Waals surface area contributed by atoms with E-state index < -0.39 is 0 Å². The van der Waals surface area contributed by atoms with Crippen molar-refractivity contribution in [2.75, 3.05) is 5.73 Å². The number of carbonyl (C=O) groups is 1. The number of pyridine rings is 1. The van der Waals surface area contributed by atoms with Crippen LogP contribution in [0, 0.1) is 11.3 Å². The Hall–Kier alpha value is -2.35. The van der Waals surface area contributed by atoms with Crippen LogP contribution in [-0.4, -0.2) is 16.9 Å². The molecule has 0 unspecified atom stereocenters. The average molecular weight is 256 g/mol. The summed E-state index contributed by atoms with van der Waals surface area (Å²) in [6.07, 6.45) is 7.32. The van der Waals surface area contributed by atoms with Crippen LogP contribution in [0.1, 0.15) is 31.2 Å². The van der Waals surface area contributed by atoms with Gasteiger partial charge in [-0.15, -0.1) is 0 Å². The van der Waals surface area contributed by atoms with Gasteiger partial charge in [-0.2, -0.15) is 5.26 Å². The number of nitrogens with two attached hydrogens (primary N) is 1. The molecule has 0 saturated heterocycles. The van der Waals surface area contributed by atoms with Gasteiger partial charge in [-0.3, -0.25) is 4.79 Å². The van der Waals surface area contributed by atoms with Crippen molar-refractivity contribution in [3.8, 4) is 6.07 Å². The highest BCUT2D eigenvalue weighted by Crippen LogP contribution is 2.18. The van der Waals surface area contributed by atoms with Crippen molar-refractivity contribution in [3.63, 3.8) is 0 Å². The van der Waals surface area contributed by atoms with E-state index in [0.717, 1.165) is 25.7 Å². The second-order valence-corrected chi connectivity index (χ2v) is 4.64. The lowest BCUT2D eigenvalue weighted by Gasteiger charge is -2.10. The largest absolute Gasteiger partial charge is 0.384 e. The van der Waals surface area contributed by atoms with Crippen LogP contribution in [0.25, 0.3) is 6.08 Å². The summed E-state index contributed by atoms with van der Waals surface area (Å²) in [5.41, 5.74) is 6.27. The zero-order chi connectivity index (χ0) is 13.7. The number of hydrogen-bond acceptors (Lipinski definition) is 4. The number of nitrogens with one attached hydrogen (secondary N) is 1. The zero-order valence-corrected chi connectivity index (χ0v) is 10.6. The first-order valence-electron chi connectivity index (χ1n) is 6.33. The van der Waals surface area contributed by atoms with E-state index in [9.17, 15) is 4.79 Å². The number of rotatable bonds is 3. The molecule has 2 rings (SSSR count). The Labute approximate surface area is 112 Å². The predicted octanol–water partition coefficient (Wildman–Crippen LogP) is 1.63. The Morgan fingerprint density at radius 1 is 1.47 bits per heavy atom. The second-order valence-electron chi connectivity index (χ2n) is 4.64. The minimum absolute atomic E-state index is 0.0958. The maximum atomic E-state index is 12.0. The quantitative estimate of drug-likeness (QED) is 0.635. The molecule has 0 bridgehead atoms. The number of anilines is 1. The van der Waals surface area contributed by atoms with Crippen molar-refractivity contribution in [1.82, 2.24) is 10.3 Å². The first kappa shape index (κ1) is 13.1. The van der Waals surface area contributed by atoms with E-state index in [-0.39, 0.29) is 17.5 Å². The highest BCUT2D eigenvalue weighted by Gasteiger charge is 2.19. The molecule has 98 valence electrons. The molecule has 1 saturated carbocycles. The van der Waals surface area contributed by atoms with Crippen LogP contribution in [0.4, 0.5) is 5.82 Å². The Kier molecular flexibility index (Phi) is 4.14. The second kappa shape index (κ2) is 6.01. The van der Waals surface area contributed by atoms with Gasteiger partial charge < -0.3 is 11.1 Å². The van der Waals surface area contributed by atoms with E-state index in [1.54, 1.807) is 12.1 Å². The molecule has 0 aliphatic heterocycles. The number of carbonyl (C=O) groups excluding carboxylic acids is 1. The van der Waals surface area contributed by atoms with Gasteiger partial charge in [0.2, 0.25) is 0 Å². The minimum atomic E-state index is -0.314. The lowest BCUT2D eigenvalue weighted by atomic mass is 10.1. The van der Waals surface area contributed by atoms with Crippen molar-refractivity contribution in [2.45, 2.75) is 31.7 Å². The third-order valence-corrected chi connectivity index (χ3v) is 3.18. The molecule has 1 heterocycles. The molecular weight excluding hydrogens is 240 g/mol. The van der Waals surface area contributed by atoms with Gasteiger partial charge in [-0.1, -0.05) is 12.8 Å². The van der Waals surface area contributed by atoms with Gasteiger partial charge in [0.15, 0.2) is 0 Å². The molecule has 1 aromatic rings. The van der Waals surface area contributed by atoms with Crippen LogP contribution < -0.4 is 11.1 Å². The van der Waals surface area contributed by atoms with E-state index in [2.05, 4.69) is 10.3 Å². The van der Waals surface area contributed by atoms with E-state index in [0.29, 0.717) is 11.4 Å². The third-order valence-electron chi connectivity index (χ3n) is 3.18. The SMILES string of the molecule is N#CC(=Cc1ccc(N)nc1)C(=O)NC1CCCC1. The molecule has 1 aliphatic rings. The molecule has 1 aliphatic carbocycles. The monoisotopic (exact) mass is 256 g/mol. The van der Waals surface area contributed by atoms with Gasteiger partial charge in [0.25, 0.3) is 5.91 Å². The zero-order valence-electron chi connectivity index (χ0n) is 10.6. The van der Waals surface area contributed by atoms with E-state index in [1.165, 1.54) is 12.3 Å². The van der Waals surface area contributed by atoms with Crippen molar-refractivity contribution in [2.24, 2.45) is 0 Å². The van der Waals surface area contributed by atoms with Crippen LogP contribution in [-0.2, 0) is 4.79 Å². The minimum Gasteiger partial charge on any atom is -0.384 e. The predicted molar refractivity (Wildman–Crippen MR) is 72.6 cm³/mol. The van der Waals surface area contributed by atoms with Crippen LogP contribution >= 0.6 is 0 Å². The Morgan fingerprint density at radius 2 is 2.21 bits per heavy atom. The first-order chi connectivity index (χ1) is 9.19. The molecule has 5 heteroatoms. The molecule has 19 heavy (non-hydrogen) atoms. The Bertz CT molecular complexity index is 521. The summed E-state index contributed by atoms with van der Waals surface area (Å²) in [7, 11) is 0. The third kappa shape index (κ3) is 3.55. The van der Waals surface area contributed by atoms with E-state index >= 15 is 0 Å². The van der Waals surface area contributed by atoms with Crippen LogP contribution in [0.3, 0.4) is 0 Å². The summed E-state index contributed by atoms with van der Waals surface area (Å²) in [5.74, 6) is 0.0947. The molecule has 0 atom stereocenters. The highest BCUT2D eigenvalue weighted by atomic mass is 16.1. The van der Waals surface area contributed by atoms with Crippen molar-refractivity contribution >= 4 is 17.8 Å². The summed E-state index contributed by atoms with van der Waals surface area (Å²) in [6.45, 7) is 0. The summed E-state index contributed by atoms with van der Waals surface area (Å²) in [6, 6.07) is 5.49. The van der Waals surface area contributed by atoms with Gasteiger partial charge in [0.05, 0.1) is 0 Å². The topological polar surface area (TPSA) is 91.8 Å². The number of amides is 1. The first-order valence-corrected chi connectivity index (χ1v) is 6.33. The molecule has 1 amide bonds. The van der Waals surface area contributed by atoms with Crippen molar-refractivity contribution in [3.05, 3.63) is 29.5 Å². The lowest BCUT2D eigenvalue weighted by molar-refractivity contribution is -0.117. The number of nitrogens with zero attached hydrogens (tertiary/aromatic N) is 2. The molecule has 3 N–H and O–H groups in total. The molecule has 0 aromatic carbocycles. The number of hydrogen-bond donors (Lipinski definition) is 2. The number of nitriles is 1. The fourth-order valence-electron chi connectivity index (χ4n) is 2.15. The average Bonchev–Trinajstić information content (AvgIpc) is 2.90. The van der Waals surface area contributed by atoms with Crippen molar-refractivity contribution < 1.29 is 4.79 Å². The number of aromatic nitrogens is 1. The fourth-order valence-corrected chi connectivity index (χ4v) is 2.15. The standard InChI is InChI=1S/C14H16N4O/c15-8-11(7-10-5-6-13(16)17-9-10)14(19)18-12-3-1-2-4-12/h5-7,9,12H,1-4H2,(H2,16,17)(H,18,19). The summed E-state index contributed by atoms with van der Waals surface area (Å²) in [5, 5.41) is 11.9. The molecular formula is C14H16N4O. The van der Waals surface area contributed by atoms with Gasteiger partial charge in [0, 0.05) is 12.2 Å². The van der Waals surface area contributed by atoms with Crippen LogP contribution in [0.2, 0.25) is 0 Å². The van der Waals surface area contributed by atoms with Gasteiger partial charge in [-0.25, -0.2) is 4.98 Å². The molecule has 1 fully saturated rings.